The molecule has 1 fully saturated rings. The molecule has 1 saturated heterocycles. The molecule has 1 aliphatic heterocycles. The van der Waals surface area contributed by atoms with Gasteiger partial charge in [0.25, 0.3) is 0 Å². The minimum atomic E-state index is -0.0871. The summed E-state index contributed by atoms with van der Waals surface area (Å²) < 4.78 is 5.71. The third kappa shape index (κ3) is 3.60. The van der Waals surface area contributed by atoms with Crippen LogP contribution >= 0.6 is 12.2 Å². The molecule has 4 unspecified atom stereocenters. The molecule has 1 aromatic carbocycles. The molecule has 4 nitrogen and oxygen atoms in total. The highest BCUT2D eigenvalue weighted by atomic mass is 32.1. The van der Waals surface area contributed by atoms with E-state index in [0.717, 1.165) is 11.1 Å². The first-order valence-corrected chi connectivity index (χ1v) is 7.63. The number of amides is 1. The maximum Gasteiger partial charge on any atom is 0.226 e. The van der Waals surface area contributed by atoms with Crippen molar-refractivity contribution in [2.75, 3.05) is 0 Å². The lowest BCUT2D eigenvalue weighted by Crippen LogP contribution is -2.36. The van der Waals surface area contributed by atoms with Crippen molar-refractivity contribution in [3.63, 3.8) is 0 Å². The number of thiocarbonyl (C=S) groups is 1. The lowest BCUT2D eigenvalue weighted by atomic mass is 9.89. The largest absolute Gasteiger partial charge is 0.389 e. The summed E-state index contributed by atoms with van der Waals surface area (Å²) in [4.78, 5) is 12.7. The third-order valence-corrected chi connectivity index (χ3v) is 4.49. The zero-order valence-electron chi connectivity index (χ0n) is 12.6. The molecule has 1 amide bonds. The normalized spacial score (nSPS) is 28.3. The Bertz CT molecular complexity index is 530. The van der Waals surface area contributed by atoms with Crippen LogP contribution in [0, 0.1) is 11.8 Å². The zero-order chi connectivity index (χ0) is 15.6. The molecule has 4 atom stereocenters. The fourth-order valence-corrected chi connectivity index (χ4v) is 2.95. The van der Waals surface area contributed by atoms with E-state index >= 15 is 0 Å². The summed E-state index contributed by atoms with van der Waals surface area (Å²) >= 11 is 4.92. The van der Waals surface area contributed by atoms with Gasteiger partial charge in [0.2, 0.25) is 5.91 Å². The van der Waals surface area contributed by atoms with Gasteiger partial charge < -0.3 is 15.8 Å². The first-order chi connectivity index (χ1) is 9.90. The van der Waals surface area contributed by atoms with Gasteiger partial charge in [0.05, 0.1) is 18.1 Å². The van der Waals surface area contributed by atoms with Crippen molar-refractivity contribution >= 4 is 23.1 Å². The lowest BCUT2D eigenvalue weighted by molar-refractivity contribution is -0.127. The molecule has 1 aromatic rings. The van der Waals surface area contributed by atoms with Crippen LogP contribution in [0.1, 0.15) is 31.9 Å². The lowest BCUT2D eigenvalue weighted by Gasteiger charge is -2.18. The topological polar surface area (TPSA) is 64.3 Å². The van der Waals surface area contributed by atoms with Gasteiger partial charge in [-0.25, -0.2) is 0 Å². The van der Waals surface area contributed by atoms with E-state index in [9.17, 15) is 4.79 Å². The first kappa shape index (κ1) is 15.9. The van der Waals surface area contributed by atoms with Crippen LogP contribution in [0.15, 0.2) is 24.3 Å². The van der Waals surface area contributed by atoms with Crippen molar-refractivity contribution < 1.29 is 9.53 Å². The van der Waals surface area contributed by atoms with Crippen LogP contribution < -0.4 is 11.1 Å². The maximum atomic E-state index is 12.3. The number of hydrogen-bond donors (Lipinski definition) is 2. The van der Waals surface area contributed by atoms with Gasteiger partial charge in [-0.05, 0) is 25.3 Å². The number of carbonyl (C=O) groups excluding carboxylic acids is 1. The van der Waals surface area contributed by atoms with Gasteiger partial charge in [0.15, 0.2) is 0 Å². The molecule has 0 aliphatic carbocycles. The van der Waals surface area contributed by atoms with E-state index in [-0.39, 0.29) is 30.0 Å². The highest BCUT2D eigenvalue weighted by Crippen LogP contribution is 2.32. The Morgan fingerprint density at radius 2 is 1.86 bits per heavy atom. The van der Waals surface area contributed by atoms with Crippen molar-refractivity contribution in [2.45, 2.75) is 39.5 Å². The summed E-state index contributed by atoms with van der Waals surface area (Å²) in [5, 5.41) is 2.99. The van der Waals surface area contributed by atoms with Crippen LogP contribution in [0.25, 0.3) is 0 Å². The summed E-state index contributed by atoms with van der Waals surface area (Å²) in [6, 6.07) is 7.59. The van der Waals surface area contributed by atoms with Crippen molar-refractivity contribution in [3.8, 4) is 0 Å². The Hall–Kier alpha value is -1.46. The van der Waals surface area contributed by atoms with E-state index < -0.39 is 0 Å². The van der Waals surface area contributed by atoms with E-state index in [1.165, 1.54) is 0 Å². The first-order valence-electron chi connectivity index (χ1n) is 7.22. The number of benzene rings is 1. The van der Waals surface area contributed by atoms with Crippen LogP contribution in [0.3, 0.4) is 0 Å². The molecule has 114 valence electrons. The standard InChI is InChI=1S/C16H22N2O2S/c1-9-10(2)20-11(3)14(9)16(19)18-8-12-4-6-13(7-5-12)15(17)21/h4-7,9-11,14H,8H2,1-3H3,(H2,17,21)(H,18,19). The van der Waals surface area contributed by atoms with Crippen LogP contribution in [0.2, 0.25) is 0 Å². The van der Waals surface area contributed by atoms with Crippen molar-refractivity contribution in [1.82, 2.24) is 5.32 Å². The fourth-order valence-electron chi connectivity index (χ4n) is 2.81. The fraction of sp³-hybridized carbons (Fsp3) is 0.500. The van der Waals surface area contributed by atoms with E-state index in [4.69, 9.17) is 22.7 Å². The SMILES string of the molecule is CC1OC(C)C(C(=O)NCc2ccc(C(N)=S)cc2)C1C. The van der Waals surface area contributed by atoms with E-state index in [1.54, 1.807) is 0 Å². The quantitative estimate of drug-likeness (QED) is 0.835. The molecule has 5 heteroatoms. The average Bonchev–Trinajstić information content (AvgIpc) is 2.70. The molecule has 21 heavy (non-hydrogen) atoms. The molecule has 3 N–H and O–H groups in total. The number of ether oxygens (including phenoxy) is 1. The number of rotatable bonds is 4. The second-order valence-electron chi connectivity index (χ2n) is 5.71. The van der Waals surface area contributed by atoms with Gasteiger partial charge in [-0.3, -0.25) is 4.79 Å². The van der Waals surface area contributed by atoms with Gasteiger partial charge in [-0.15, -0.1) is 0 Å². The Balaban J connectivity index is 1.93. The second kappa shape index (κ2) is 6.54. The molecule has 1 heterocycles. The third-order valence-electron chi connectivity index (χ3n) is 4.25. The Kier molecular flexibility index (Phi) is 4.96. The average molecular weight is 306 g/mol. The molecule has 0 spiro atoms. The monoisotopic (exact) mass is 306 g/mol. The molecule has 0 radical (unpaired) electrons. The Morgan fingerprint density at radius 1 is 1.24 bits per heavy atom. The molecular weight excluding hydrogens is 284 g/mol. The van der Waals surface area contributed by atoms with Gasteiger partial charge in [-0.1, -0.05) is 43.4 Å². The molecule has 0 saturated carbocycles. The summed E-state index contributed by atoms with van der Waals surface area (Å²) in [6.45, 7) is 6.54. The van der Waals surface area contributed by atoms with Gasteiger partial charge >= 0.3 is 0 Å². The summed E-state index contributed by atoms with van der Waals surface area (Å²) in [7, 11) is 0. The summed E-state index contributed by atoms with van der Waals surface area (Å²) in [6.07, 6.45) is 0.0904. The minimum Gasteiger partial charge on any atom is -0.389 e. The van der Waals surface area contributed by atoms with Crippen molar-refractivity contribution in [2.24, 2.45) is 17.6 Å². The van der Waals surface area contributed by atoms with Crippen molar-refractivity contribution in [3.05, 3.63) is 35.4 Å². The smallest absolute Gasteiger partial charge is 0.226 e. The molecule has 0 bridgehead atoms. The van der Waals surface area contributed by atoms with Gasteiger partial charge in [0.1, 0.15) is 4.99 Å². The number of nitrogens with one attached hydrogen (secondary N) is 1. The number of carbonyl (C=O) groups is 1. The molecule has 1 aliphatic rings. The van der Waals surface area contributed by atoms with Crippen LogP contribution in [0.5, 0.6) is 0 Å². The highest BCUT2D eigenvalue weighted by Gasteiger charge is 2.41. The molecule has 2 rings (SSSR count). The zero-order valence-corrected chi connectivity index (χ0v) is 13.4. The predicted molar refractivity (Wildman–Crippen MR) is 86.8 cm³/mol. The van der Waals surface area contributed by atoms with Crippen LogP contribution in [0.4, 0.5) is 0 Å². The second-order valence-corrected chi connectivity index (χ2v) is 6.15. The number of nitrogens with two attached hydrogens (primary N) is 1. The van der Waals surface area contributed by atoms with E-state index in [1.807, 2.05) is 38.1 Å². The van der Waals surface area contributed by atoms with Gasteiger partial charge in [-0.2, -0.15) is 0 Å². The van der Waals surface area contributed by atoms with Crippen molar-refractivity contribution in [1.29, 1.82) is 0 Å². The minimum absolute atomic E-state index is 0.0352. The maximum absolute atomic E-state index is 12.3. The molecule has 0 aromatic heterocycles. The predicted octanol–water partition coefficient (Wildman–Crippen LogP) is 2.00. The Morgan fingerprint density at radius 3 is 2.33 bits per heavy atom. The summed E-state index contributed by atoms with van der Waals surface area (Å²) in [5.41, 5.74) is 7.42. The van der Waals surface area contributed by atoms with Gasteiger partial charge in [0, 0.05) is 12.1 Å². The van der Waals surface area contributed by atoms with Crippen LogP contribution in [-0.4, -0.2) is 23.1 Å². The highest BCUT2D eigenvalue weighted by molar-refractivity contribution is 7.80. The van der Waals surface area contributed by atoms with E-state index in [0.29, 0.717) is 11.5 Å². The number of hydrogen-bond acceptors (Lipinski definition) is 3. The molecular formula is C16H22N2O2S. The summed E-state index contributed by atoms with van der Waals surface area (Å²) in [5.74, 6) is 0.200. The Labute approximate surface area is 131 Å². The van der Waals surface area contributed by atoms with E-state index in [2.05, 4.69) is 12.2 Å². The van der Waals surface area contributed by atoms with Crippen LogP contribution in [-0.2, 0) is 16.1 Å².